The summed E-state index contributed by atoms with van der Waals surface area (Å²) in [5.74, 6) is -1.63. The van der Waals surface area contributed by atoms with Crippen LogP contribution in [0.5, 0.6) is 5.75 Å². The summed E-state index contributed by atoms with van der Waals surface area (Å²) in [6.07, 6.45) is 1.84. The SMILES string of the molecule is O=C(O)c1ccccc1C(=O)N1NC(c2ccccc2)=C[C@H]1c1ccccc1O. The topological polar surface area (TPSA) is 89.9 Å². The van der Waals surface area contributed by atoms with Gasteiger partial charge in [-0.1, -0.05) is 60.7 Å². The number of phenolic OH excluding ortho intramolecular Hbond substituents is 1. The van der Waals surface area contributed by atoms with Crippen LogP contribution in [0.25, 0.3) is 5.70 Å². The Bertz CT molecular complexity index is 1110. The van der Waals surface area contributed by atoms with Gasteiger partial charge in [-0.2, -0.15) is 0 Å². The molecule has 0 spiro atoms. The number of aromatic carboxylic acids is 1. The summed E-state index contributed by atoms with van der Waals surface area (Å²) in [5, 5.41) is 21.2. The quantitative estimate of drug-likeness (QED) is 0.634. The summed E-state index contributed by atoms with van der Waals surface area (Å²) < 4.78 is 0. The smallest absolute Gasteiger partial charge is 0.336 e. The van der Waals surface area contributed by atoms with Gasteiger partial charge < -0.3 is 10.2 Å². The Labute approximate surface area is 167 Å². The maximum absolute atomic E-state index is 13.3. The molecule has 6 nitrogen and oxygen atoms in total. The first-order valence-electron chi connectivity index (χ1n) is 9.04. The zero-order valence-electron chi connectivity index (χ0n) is 15.3. The molecule has 0 radical (unpaired) electrons. The van der Waals surface area contributed by atoms with Gasteiger partial charge in [0.25, 0.3) is 5.91 Å². The van der Waals surface area contributed by atoms with E-state index in [4.69, 9.17) is 0 Å². The number of benzene rings is 3. The zero-order chi connectivity index (χ0) is 20.4. The van der Waals surface area contributed by atoms with Crippen LogP contribution < -0.4 is 5.43 Å². The number of hydrogen-bond acceptors (Lipinski definition) is 4. The molecule has 0 bridgehead atoms. The second kappa shape index (κ2) is 7.52. The number of rotatable bonds is 4. The largest absolute Gasteiger partial charge is 0.508 e. The Balaban J connectivity index is 1.79. The number of nitrogens with one attached hydrogen (secondary N) is 1. The number of carboxylic acids is 1. The number of hydrogen-bond donors (Lipinski definition) is 3. The van der Waals surface area contributed by atoms with Crippen LogP contribution in [-0.4, -0.2) is 27.1 Å². The highest BCUT2D eigenvalue weighted by atomic mass is 16.4. The normalized spacial score (nSPS) is 15.5. The van der Waals surface area contributed by atoms with Crippen LogP contribution in [-0.2, 0) is 0 Å². The predicted molar refractivity (Wildman–Crippen MR) is 108 cm³/mol. The van der Waals surface area contributed by atoms with Gasteiger partial charge >= 0.3 is 5.97 Å². The van der Waals surface area contributed by atoms with Crippen molar-refractivity contribution in [3.05, 3.63) is 107 Å². The molecule has 3 N–H and O–H groups in total. The second-order valence-corrected chi connectivity index (χ2v) is 6.59. The van der Waals surface area contributed by atoms with Gasteiger partial charge in [-0.15, -0.1) is 0 Å². The second-order valence-electron chi connectivity index (χ2n) is 6.59. The number of carbonyl (C=O) groups excluding carboxylic acids is 1. The number of carbonyl (C=O) groups is 2. The van der Waals surface area contributed by atoms with Gasteiger partial charge in [-0.25, -0.2) is 9.80 Å². The molecule has 0 unspecified atom stereocenters. The lowest BCUT2D eigenvalue weighted by atomic mass is 10.0. The Morgan fingerprint density at radius 2 is 1.45 bits per heavy atom. The molecule has 1 aliphatic heterocycles. The van der Waals surface area contributed by atoms with Crippen LogP contribution in [0.3, 0.4) is 0 Å². The van der Waals surface area contributed by atoms with E-state index >= 15 is 0 Å². The Hall–Kier alpha value is -4.06. The van der Waals surface area contributed by atoms with Crippen molar-refractivity contribution < 1.29 is 19.8 Å². The van der Waals surface area contributed by atoms with Crippen molar-refractivity contribution in [2.24, 2.45) is 0 Å². The van der Waals surface area contributed by atoms with Gasteiger partial charge in [0.15, 0.2) is 0 Å². The molecule has 1 amide bonds. The molecule has 29 heavy (non-hydrogen) atoms. The van der Waals surface area contributed by atoms with E-state index in [1.165, 1.54) is 17.1 Å². The first-order chi connectivity index (χ1) is 14.1. The van der Waals surface area contributed by atoms with E-state index in [1.807, 2.05) is 36.4 Å². The molecular weight excluding hydrogens is 368 g/mol. The van der Waals surface area contributed by atoms with E-state index in [9.17, 15) is 19.8 Å². The number of hydrazine groups is 1. The van der Waals surface area contributed by atoms with Crippen LogP contribution in [0.1, 0.15) is 37.9 Å². The van der Waals surface area contributed by atoms with E-state index in [-0.39, 0.29) is 16.9 Å². The molecule has 0 saturated carbocycles. The molecule has 3 aromatic carbocycles. The van der Waals surface area contributed by atoms with E-state index in [0.717, 1.165) is 5.56 Å². The highest BCUT2D eigenvalue weighted by molar-refractivity contribution is 6.05. The van der Waals surface area contributed by atoms with Crippen LogP contribution >= 0.6 is 0 Å². The van der Waals surface area contributed by atoms with Crippen LogP contribution in [0.4, 0.5) is 0 Å². The molecule has 0 saturated heterocycles. The minimum atomic E-state index is -1.18. The first kappa shape index (κ1) is 18.3. The number of aromatic hydroxyl groups is 1. The zero-order valence-corrected chi connectivity index (χ0v) is 15.3. The van der Waals surface area contributed by atoms with Crippen molar-refractivity contribution in [2.75, 3.05) is 0 Å². The van der Waals surface area contributed by atoms with Crippen molar-refractivity contribution >= 4 is 17.6 Å². The van der Waals surface area contributed by atoms with Gasteiger partial charge in [0.1, 0.15) is 11.8 Å². The third-order valence-corrected chi connectivity index (χ3v) is 4.79. The monoisotopic (exact) mass is 386 g/mol. The number of para-hydroxylation sites is 1. The Morgan fingerprint density at radius 3 is 2.14 bits per heavy atom. The third kappa shape index (κ3) is 3.43. The van der Waals surface area contributed by atoms with Gasteiger partial charge in [-0.3, -0.25) is 10.2 Å². The molecule has 1 aliphatic rings. The van der Waals surface area contributed by atoms with Crippen molar-refractivity contribution in [3.8, 4) is 5.75 Å². The number of phenols is 1. The van der Waals surface area contributed by atoms with Crippen LogP contribution in [0.15, 0.2) is 84.9 Å². The maximum Gasteiger partial charge on any atom is 0.336 e. The molecule has 0 fully saturated rings. The minimum absolute atomic E-state index is 0.0502. The summed E-state index contributed by atoms with van der Waals surface area (Å²) in [6, 6.07) is 21.7. The summed E-state index contributed by atoms with van der Waals surface area (Å²) >= 11 is 0. The lowest BCUT2D eigenvalue weighted by Gasteiger charge is -2.26. The average Bonchev–Trinajstić information content (AvgIpc) is 3.19. The van der Waals surface area contributed by atoms with E-state index in [0.29, 0.717) is 11.3 Å². The summed E-state index contributed by atoms with van der Waals surface area (Å²) in [5.41, 5.74) is 5.17. The Kier molecular flexibility index (Phi) is 4.75. The highest BCUT2D eigenvalue weighted by Crippen LogP contribution is 2.36. The lowest BCUT2D eigenvalue weighted by Crippen LogP contribution is -2.40. The summed E-state index contributed by atoms with van der Waals surface area (Å²) in [6.45, 7) is 0. The van der Waals surface area contributed by atoms with E-state index in [2.05, 4.69) is 5.43 Å². The molecule has 0 aromatic heterocycles. The predicted octanol–water partition coefficient (Wildman–Crippen LogP) is 3.83. The molecule has 1 heterocycles. The minimum Gasteiger partial charge on any atom is -0.508 e. The summed E-state index contributed by atoms with van der Waals surface area (Å²) in [7, 11) is 0. The molecular formula is C23H18N2O4. The van der Waals surface area contributed by atoms with Crippen LogP contribution in [0.2, 0.25) is 0 Å². The highest BCUT2D eigenvalue weighted by Gasteiger charge is 2.34. The molecule has 3 aromatic rings. The standard InChI is InChI=1S/C23H18N2O4/c26-21-13-7-6-12-18(21)20-14-19(15-8-2-1-3-9-15)24-25(20)22(27)16-10-4-5-11-17(16)23(28)29/h1-14,20,24,26H,(H,28,29)/t20-/m0/s1. The van der Waals surface area contributed by atoms with Gasteiger partial charge in [0, 0.05) is 5.56 Å². The van der Waals surface area contributed by atoms with Crippen LogP contribution in [0, 0.1) is 0 Å². The van der Waals surface area contributed by atoms with Crippen molar-refractivity contribution in [1.29, 1.82) is 0 Å². The van der Waals surface area contributed by atoms with Crippen molar-refractivity contribution in [3.63, 3.8) is 0 Å². The van der Waals surface area contributed by atoms with Gasteiger partial charge in [0.05, 0.1) is 16.8 Å². The lowest BCUT2D eigenvalue weighted by molar-refractivity contribution is 0.0639. The Morgan fingerprint density at radius 1 is 0.828 bits per heavy atom. The fraction of sp³-hybridized carbons (Fsp3) is 0.0435. The molecule has 1 atom stereocenters. The van der Waals surface area contributed by atoms with Gasteiger partial charge in [0.2, 0.25) is 0 Å². The first-order valence-corrected chi connectivity index (χ1v) is 9.04. The molecule has 6 heteroatoms. The van der Waals surface area contributed by atoms with E-state index in [1.54, 1.807) is 36.4 Å². The number of nitrogens with zero attached hydrogens (tertiary/aromatic N) is 1. The number of carboxylic acid groups (broad SMARTS) is 1. The fourth-order valence-electron chi connectivity index (χ4n) is 3.38. The third-order valence-electron chi connectivity index (χ3n) is 4.79. The fourth-order valence-corrected chi connectivity index (χ4v) is 3.38. The number of amides is 1. The summed E-state index contributed by atoms with van der Waals surface area (Å²) in [4.78, 5) is 24.9. The van der Waals surface area contributed by atoms with E-state index < -0.39 is 17.9 Å². The molecule has 144 valence electrons. The van der Waals surface area contributed by atoms with Crippen molar-refractivity contribution in [2.45, 2.75) is 6.04 Å². The molecule has 4 rings (SSSR count). The maximum atomic E-state index is 13.3. The van der Waals surface area contributed by atoms with Gasteiger partial charge in [-0.05, 0) is 29.8 Å². The molecule has 0 aliphatic carbocycles. The average molecular weight is 386 g/mol. The van der Waals surface area contributed by atoms with Crippen molar-refractivity contribution in [1.82, 2.24) is 10.4 Å².